The lowest BCUT2D eigenvalue weighted by molar-refractivity contribution is -0.120. The molecule has 0 bridgehead atoms. The number of ether oxygens (including phenoxy) is 2. The summed E-state index contributed by atoms with van der Waals surface area (Å²) in [5, 5.41) is 2.93. The van der Waals surface area contributed by atoms with Gasteiger partial charge in [0.1, 0.15) is 0 Å². The van der Waals surface area contributed by atoms with Gasteiger partial charge in [0.25, 0.3) is 5.91 Å². The number of benzene rings is 2. The van der Waals surface area contributed by atoms with Crippen molar-refractivity contribution in [1.82, 2.24) is 4.90 Å². The SMILES string of the molecule is CCOc1cc(C2C3=C(CC(C)(C)CC3=O)N(C)C3=C2C(=O)CC(C)(C)C3)cc(Br)c1OCC(=O)Nc1cccc(C)c1C. The molecular formula is C36H43BrN2O5. The average molecular weight is 664 g/mol. The summed E-state index contributed by atoms with van der Waals surface area (Å²) in [5.41, 5.74) is 6.69. The molecule has 0 atom stereocenters. The summed E-state index contributed by atoms with van der Waals surface area (Å²) in [7, 11) is 2.01. The third-order valence-electron chi connectivity index (χ3n) is 9.07. The number of aryl methyl sites for hydroxylation is 1. The van der Waals surface area contributed by atoms with E-state index in [1.165, 1.54) is 0 Å². The Morgan fingerprint density at radius 3 is 2.11 bits per heavy atom. The van der Waals surface area contributed by atoms with E-state index in [-0.39, 0.29) is 34.9 Å². The van der Waals surface area contributed by atoms with Crippen LogP contribution in [0.4, 0.5) is 5.69 Å². The van der Waals surface area contributed by atoms with Crippen LogP contribution in [0.2, 0.25) is 0 Å². The lowest BCUT2D eigenvalue weighted by Gasteiger charge is -2.48. The molecule has 1 aliphatic heterocycles. The largest absolute Gasteiger partial charge is 0.490 e. The van der Waals surface area contributed by atoms with Gasteiger partial charge in [0, 0.05) is 54.0 Å². The van der Waals surface area contributed by atoms with Gasteiger partial charge < -0.3 is 19.7 Å². The Labute approximate surface area is 269 Å². The minimum Gasteiger partial charge on any atom is -0.490 e. The molecule has 1 heterocycles. The maximum atomic E-state index is 13.9. The van der Waals surface area contributed by atoms with Crippen molar-refractivity contribution in [3.05, 3.63) is 74.0 Å². The summed E-state index contributed by atoms with van der Waals surface area (Å²) in [6.45, 7) is 14.5. The van der Waals surface area contributed by atoms with Crippen molar-refractivity contribution in [3.63, 3.8) is 0 Å². The molecule has 3 aliphatic rings. The Morgan fingerprint density at radius 1 is 0.955 bits per heavy atom. The zero-order valence-electron chi connectivity index (χ0n) is 27.1. The molecule has 0 saturated heterocycles. The van der Waals surface area contributed by atoms with Crippen molar-refractivity contribution in [2.24, 2.45) is 10.8 Å². The first-order valence-corrected chi connectivity index (χ1v) is 16.1. The molecular weight excluding hydrogens is 620 g/mol. The molecule has 7 nitrogen and oxygen atoms in total. The number of rotatable bonds is 7. The van der Waals surface area contributed by atoms with Crippen LogP contribution in [-0.4, -0.2) is 42.6 Å². The predicted molar refractivity (Wildman–Crippen MR) is 176 cm³/mol. The fourth-order valence-electron chi connectivity index (χ4n) is 6.87. The number of anilines is 1. The first kappa shape index (κ1) is 32.0. The first-order chi connectivity index (χ1) is 20.6. The molecule has 0 radical (unpaired) electrons. The van der Waals surface area contributed by atoms with E-state index in [9.17, 15) is 14.4 Å². The molecule has 0 spiro atoms. The molecule has 234 valence electrons. The van der Waals surface area contributed by atoms with Crippen LogP contribution in [0, 0.1) is 24.7 Å². The number of Topliss-reactive ketones (excluding diaryl/α,β-unsaturated/α-hetero) is 2. The maximum absolute atomic E-state index is 13.9. The molecule has 2 aromatic rings. The van der Waals surface area contributed by atoms with Gasteiger partial charge in [-0.2, -0.15) is 0 Å². The fraction of sp³-hybridized carbons (Fsp3) is 0.472. The molecule has 1 N–H and O–H groups in total. The minimum atomic E-state index is -0.499. The summed E-state index contributed by atoms with van der Waals surface area (Å²) in [4.78, 5) is 42.8. The van der Waals surface area contributed by atoms with Gasteiger partial charge in [0.15, 0.2) is 29.7 Å². The van der Waals surface area contributed by atoms with Crippen molar-refractivity contribution in [1.29, 1.82) is 0 Å². The molecule has 5 rings (SSSR count). The highest BCUT2D eigenvalue weighted by molar-refractivity contribution is 9.10. The Bertz CT molecular complexity index is 1560. The van der Waals surface area contributed by atoms with Crippen LogP contribution in [0.25, 0.3) is 0 Å². The second kappa shape index (κ2) is 11.8. The number of nitrogens with zero attached hydrogens (tertiary/aromatic N) is 1. The zero-order chi connectivity index (χ0) is 32.1. The molecule has 0 saturated carbocycles. The Kier molecular flexibility index (Phi) is 8.62. The van der Waals surface area contributed by atoms with Crippen LogP contribution < -0.4 is 14.8 Å². The molecule has 44 heavy (non-hydrogen) atoms. The summed E-state index contributed by atoms with van der Waals surface area (Å²) < 4.78 is 12.7. The van der Waals surface area contributed by atoms with Gasteiger partial charge in [-0.15, -0.1) is 0 Å². The smallest absolute Gasteiger partial charge is 0.262 e. The second-order valence-corrected chi connectivity index (χ2v) is 14.8. The van der Waals surface area contributed by atoms with Gasteiger partial charge in [0.05, 0.1) is 11.1 Å². The van der Waals surface area contributed by atoms with E-state index in [0.29, 0.717) is 46.6 Å². The number of amides is 1. The van der Waals surface area contributed by atoms with Crippen LogP contribution in [0.3, 0.4) is 0 Å². The zero-order valence-corrected chi connectivity index (χ0v) is 28.7. The Morgan fingerprint density at radius 2 is 1.55 bits per heavy atom. The van der Waals surface area contributed by atoms with Gasteiger partial charge in [-0.1, -0.05) is 39.8 Å². The van der Waals surface area contributed by atoms with Crippen LogP contribution in [-0.2, 0) is 14.4 Å². The normalized spacial score (nSPS) is 19.5. The molecule has 2 aliphatic carbocycles. The number of hydrogen-bond donors (Lipinski definition) is 1. The molecule has 0 unspecified atom stereocenters. The van der Waals surface area contributed by atoms with Gasteiger partial charge in [-0.05, 0) is 95.3 Å². The number of halogens is 1. The van der Waals surface area contributed by atoms with E-state index in [2.05, 4.69) is 53.8 Å². The summed E-state index contributed by atoms with van der Waals surface area (Å²) in [6, 6.07) is 9.55. The lowest BCUT2D eigenvalue weighted by Crippen LogP contribution is -2.43. The highest BCUT2D eigenvalue weighted by atomic mass is 79.9. The number of carbonyl (C=O) groups excluding carboxylic acids is 3. The Balaban J connectivity index is 1.54. The van der Waals surface area contributed by atoms with E-state index < -0.39 is 5.92 Å². The maximum Gasteiger partial charge on any atom is 0.262 e. The number of ketones is 2. The second-order valence-electron chi connectivity index (χ2n) is 13.9. The van der Waals surface area contributed by atoms with Crippen LogP contribution in [0.15, 0.2) is 57.3 Å². The van der Waals surface area contributed by atoms with Gasteiger partial charge >= 0.3 is 0 Å². The van der Waals surface area contributed by atoms with Crippen molar-refractivity contribution in [2.45, 2.75) is 80.1 Å². The van der Waals surface area contributed by atoms with E-state index in [1.54, 1.807) is 0 Å². The van der Waals surface area contributed by atoms with Crippen molar-refractivity contribution < 1.29 is 23.9 Å². The average Bonchev–Trinajstić information content (AvgIpc) is 2.91. The van der Waals surface area contributed by atoms with Gasteiger partial charge in [-0.3, -0.25) is 14.4 Å². The summed E-state index contributed by atoms with van der Waals surface area (Å²) in [6.07, 6.45) is 2.36. The van der Waals surface area contributed by atoms with Crippen molar-refractivity contribution in [3.8, 4) is 11.5 Å². The third kappa shape index (κ3) is 6.10. The molecule has 0 fully saturated rings. The Hall–Kier alpha value is -3.39. The number of carbonyl (C=O) groups is 3. The first-order valence-electron chi connectivity index (χ1n) is 15.3. The summed E-state index contributed by atoms with van der Waals surface area (Å²) in [5.74, 6) is 0.218. The number of nitrogens with one attached hydrogen (secondary N) is 1. The quantitative estimate of drug-likeness (QED) is 0.326. The standard InChI is InChI=1S/C36H43BrN2O5/c1-9-43-29-14-22(13-23(37)34(29)44-19-30(42)38-24-12-10-11-20(2)21(24)3)31-32-25(15-35(4,5)17-27(32)40)39(8)26-16-36(6,7)18-28(41)33(26)31/h10-14,31H,9,15-19H2,1-8H3,(H,38,42). The van der Waals surface area contributed by atoms with E-state index in [4.69, 9.17) is 9.47 Å². The van der Waals surface area contributed by atoms with E-state index in [0.717, 1.165) is 46.6 Å². The minimum absolute atomic E-state index is 0.0785. The van der Waals surface area contributed by atoms with Gasteiger partial charge in [-0.25, -0.2) is 0 Å². The number of hydrogen-bond acceptors (Lipinski definition) is 6. The van der Waals surface area contributed by atoms with Crippen LogP contribution in [0.1, 0.15) is 82.9 Å². The van der Waals surface area contributed by atoms with Crippen LogP contribution in [0.5, 0.6) is 11.5 Å². The molecule has 8 heteroatoms. The monoisotopic (exact) mass is 662 g/mol. The van der Waals surface area contributed by atoms with Crippen molar-refractivity contribution >= 4 is 39.1 Å². The number of allylic oxidation sites excluding steroid dienone is 4. The fourth-order valence-corrected chi connectivity index (χ4v) is 7.44. The predicted octanol–water partition coefficient (Wildman–Crippen LogP) is 7.80. The lowest BCUT2D eigenvalue weighted by atomic mass is 9.64. The molecule has 2 aromatic carbocycles. The molecule has 0 aromatic heterocycles. The van der Waals surface area contributed by atoms with Crippen molar-refractivity contribution in [2.75, 3.05) is 25.6 Å². The highest BCUT2D eigenvalue weighted by Crippen LogP contribution is 2.55. The van der Waals surface area contributed by atoms with E-state index >= 15 is 0 Å². The van der Waals surface area contributed by atoms with Crippen LogP contribution >= 0.6 is 15.9 Å². The third-order valence-corrected chi connectivity index (χ3v) is 9.66. The topological polar surface area (TPSA) is 84.9 Å². The summed E-state index contributed by atoms with van der Waals surface area (Å²) >= 11 is 3.68. The highest BCUT2D eigenvalue weighted by Gasteiger charge is 2.48. The van der Waals surface area contributed by atoms with Gasteiger partial charge in [0.2, 0.25) is 0 Å². The van der Waals surface area contributed by atoms with E-state index in [1.807, 2.05) is 58.2 Å². The molecule has 1 amide bonds.